The number of aryl methyl sites for hydroxylation is 1. The molecule has 1 amide bonds. The number of hydrogen-bond acceptors (Lipinski definition) is 5. The van der Waals surface area contributed by atoms with Gasteiger partial charge in [-0.15, -0.1) is 0 Å². The van der Waals surface area contributed by atoms with E-state index in [-0.39, 0.29) is 5.57 Å². The summed E-state index contributed by atoms with van der Waals surface area (Å²) < 4.78 is 5.88. The number of benzene rings is 2. The van der Waals surface area contributed by atoms with Gasteiger partial charge in [-0.05, 0) is 47.4 Å². The number of Topliss-reactive ketones (excluding diaryl/α,β-unsaturated/α-hetero) is 1. The molecule has 7 heteroatoms. The van der Waals surface area contributed by atoms with Gasteiger partial charge in [0, 0.05) is 30.9 Å². The summed E-state index contributed by atoms with van der Waals surface area (Å²) in [4.78, 5) is 33.0. The highest BCUT2D eigenvalue weighted by atomic mass is 16.5. The minimum absolute atomic E-state index is 0.0289. The zero-order valence-corrected chi connectivity index (χ0v) is 20.9. The van der Waals surface area contributed by atoms with Gasteiger partial charge in [-0.3, -0.25) is 14.6 Å². The number of hydrogen-bond donors (Lipinski definition) is 1. The summed E-state index contributed by atoms with van der Waals surface area (Å²) >= 11 is 0. The lowest BCUT2D eigenvalue weighted by Gasteiger charge is -2.27. The van der Waals surface area contributed by atoms with Gasteiger partial charge in [0.2, 0.25) is 5.78 Å². The lowest BCUT2D eigenvalue weighted by Crippen LogP contribution is -3.05. The van der Waals surface area contributed by atoms with Crippen LogP contribution in [0.5, 0.6) is 5.75 Å². The van der Waals surface area contributed by atoms with Crippen LogP contribution in [0.4, 0.5) is 0 Å². The second-order valence-corrected chi connectivity index (χ2v) is 9.31. The predicted molar refractivity (Wildman–Crippen MR) is 135 cm³/mol. The van der Waals surface area contributed by atoms with Crippen LogP contribution in [0.1, 0.15) is 34.7 Å². The molecule has 1 aliphatic heterocycles. The molecule has 1 aliphatic rings. The smallest absolute Gasteiger partial charge is 0.295 e. The first kappa shape index (κ1) is 25.1. The number of nitrogens with one attached hydrogen (secondary N) is 1. The first-order valence-electron chi connectivity index (χ1n) is 12.1. The Labute approximate surface area is 211 Å². The Bertz CT molecular complexity index is 1250. The molecule has 4 rings (SSSR count). The number of quaternary nitrogens is 1. The summed E-state index contributed by atoms with van der Waals surface area (Å²) in [6.45, 7) is 3.67. The van der Waals surface area contributed by atoms with Gasteiger partial charge in [0.05, 0.1) is 26.7 Å². The molecular formula is C29H31N3O4. The van der Waals surface area contributed by atoms with Gasteiger partial charge in [0.25, 0.3) is 5.91 Å². The number of ether oxygens (including phenoxy) is 1. The number of nitrogens with zero attached hydrogens (tertiary/aromatic N) is 2. The molecule has 1 saturated heterocycles. The quantitative estimate of drug-likeness (QED) is 0.283. The molecule has 0 bridgehead atoms. The molecule has 0 spiro atoms. The van der Waals surface area contributed by atoms with Gasteiger partial charge in [-0.2, -0.15) is 0 Å². The molecule has 0 aliphatic carbocycles. The molecule has 7 nitrogen and oxygen atoms in total. The zero-order chi connectivity index (χ0) is 25.7. The standard InChI is InChI=1S/C29H31N3O4/c1-20-8-4-5-9-23(20)19-36-24-13-11-21(12-14-24)27(33)25-26(22-10-6-15-30-18-22)32(29(35)28(25)34)17-7-16-31(2)3/h4-6,8-15,18,26,33H,7,16-17,19H2,1-3H3/b27-25+. The monoisotopic (exact) mass is 485 g/mol. The van der Waals surface area contributed by atoms with E-state index < -0.39 is 23.5 Å². The fourth-order valence-electron chi connectivity index (χ4n) is 4.38. The SMILES string of the molecule is Cc1ccccc1COc1ccc(/C([O-])=C2\C(=O)C(=O)N(CCC[NH+](C)C)C2c2cccnc2)cc1. The average Bonchev–Trinajstić information content (AvgIpc) is 3.13. The molecule has 0 saturated carbocycles. The molecule has 1 unspecified atom stereocenters. The van der Waals surface area contributed by atoms with Crippen molar-refractivity contribution in [2.24, 2.45) is 0 Å². The maximum Gasteiger partial charge on any atom is 0.295 e. The number of carbonyl (C=O) groups is 2. The minimum Gasteiger partial charge on any atom is -0.872 e. The molecule has 2 heterocycles. The van der Waals surface area contributed by atoms with Crippen LogP contribution < -0.4 is 14.7 Å². The second-order valence-electron chi connectivity index (χ2n) is 9.31. The van der Waals surface area contributed by atoms with Gasteiger partial charge < -0.3 is 19.6 Å². The van der Waals surface area contributed by atoms with E-state index in [1.165, 1.54) is 9.80 Å². The molecular weight excluding hydrogens is 454 g/mol. The molecule has 1 atom stereocenters. The van der Waals surface area contributed by atoms with E-state index in [0.717, 1.165) is 17.7 Å². The van der Waals surface area contributed by atoms with Gasteiger partial charge in [0.1, 0.15) is 12.4 Å². The summed E-state index contributed by atoms with van der Waals surface area (Å²) in [5.74, 6) is -1.22. The molecule has 1 fully saturated rings. The normalized spacial score (nSPS) is 17.1. The Morgan fingerprint density at radius 2 is 1.81 bits per heavy atom. The second kappa shape index (κ2) is 11.2. The van der Waals surface area contributed by atoms with E-state index >= 15 is 0 Å². The third-order valence-electron chi connectivity index (χ3n) is 6.38. The maximum absolute atomic E-state index is 13.5. The lowest BCUT2D eigenvalue weighted by atomic mass is 9.96. The fraction of sp³-hybridized carbons (Fsp3) is 0.276. The summed E-state index contributed by atoms with van der Waals surface area (Å²) in [5.41, 5.74) is 3.18. The van der Waals surface area contributed by atoms with Crippen LogP contribution in [0.15, 0.2) is 78.6 Å². The van der Waals surface area contributed by atoms with Crippen molar-refractivity contribution in [1.82, 2.24) is 9.88 Å². The number of aromatic nitrogens is 1. The molecule has 1 aromatic heterocycles. The number of amides is 1. The molecule has 0 radical (unpaired) electrons. The third-order valence-corrected chi connectivity index (χ3v) is 6.38. The number of rotatable bonds is 9. The van der Waals surface area contributed by atoms with Crippen molar-refractivity contribution >= 4 is 17.4 Å². The van der Waals surface area contributed by atoms with Crippen LogP contribution in [-0.2, 0) is 16.2 Å². The molecule has 3 aromatic rings. The third kappa shape index (κ3) is 5.47. The first-order valence-corrected chi connectivity index (χ1v) is 12.1. The Morgan fingerprint density at radius 1 is 1.06 bits per heavy atom. The molecule has 186 valence electrons. The van der Waals surface area contributed by atoms with Crippen molar-refractivity contribution in [3.05, 3.63) is 101 Å². The van der Waals surface area contributed by atoms with Crippen molar-refractivity contribution in [1.29, 1.82) is 0 Å². The summed E-state index contributed by atoms with van der Waals surface area (Å²) in [5, 5.41) is 13.5. The van der Waals surface area contributed by atoms with Gasteiger partial charge in [-0.1, -0.05) is 48.2 Å². The Kier molecular flexibility index (Phi) is 7.80. The van der Waals surface area contributed by atoms with Crippen molar-refractivity contribution in [3.63, 3.8) is 0 Å². The van der Waals surface area contributed by atoms with Crippen LogP contribution in [0, 0.1) is 6.92 Å². The van der Waals surface area contributed by atoms with Crippen LogP contribution in [-0.4, -0.2) is 48.8 Å². The first-order chi connectivity index (χ1) is 17.4. The highest BCUT2D eigenvalue weighted by Crippen LogP contribution is 2.38. The number of carbonyl (C=O) groups excluding carboxylic acids is 2. The fourth-order valence-corrected chi connectivity index (χ4v) is 4.38. The summed E-state index contributed by atoms with van der Waals surface area (Å²) in [6, 6.07) is 17.5. The average molecular weight is 486 g/mol. The van der Waals surface area contributed by atoms with Gasteiger partial charge >= 0.3 is 0 Å². The Morgan fingerprint density at radius 3 is 2.47 bits per heavy atom. The van der Waals surface area contributed by atoms with Crippen LogP contribution >= 0.6 is 0 Å². The van der Waals surface area contributed by atoms with Crippen molar-refractivity contribution in [2.45, 2.75) is 26.0 Å². The maximum atomic E-state index is 13.5. The van der Waals surface area contributed by atoms with Crippen molar-refractivity contribution in [3.8, 4) is 5.75 Å². The predicted octanol–water partition coefficient (Wildman–Crippen LogP) is 1.73. The van der Waals surface area contributed by atoms with E-state index in [2.05, 4.69) is 4.98 Å². The molecule has 36 heavy (non-hydrogen) atoms. The number of likely N-dealkylation sites (tertiary alicyclic amines) is 1. The zero-order valence-electron chi connectivity index (χ0n) is 20.9. The lowest BCUT2D eigenvalue weighted by molar-refractivity contribution is -0.858. The molecule has 2 aromatic carbocycles. The number of ketones is 1. The number of pyridine rings is 1. The highest BCUT2D eigenvalue weighted by molar-refractivity contribution is 6.46. The Hall–Kier alpha value is -3.97. The van der Waals surface area contributed by atoms with E-state index in [0.29, 0.717) is 36.4 Å². The van der Waals surface area contributed by atoms with Gasteiger partial charge in [-0.25, -0.2) is 0 Å². The van der Waals surface area contributed by atoms with E-state index in [4.69, 9.17) is 4.74 Å². The molecule has 1 N–H and O–H groups in total. The van der Waals surface area contributed by atoms with Crippen molar-refractivity contribution < 1.29 is 24.3 Å². The summed E-state index contributed by atoms with van der Waals surface area (Å²) in [7, 11) is 4.07. The van der Waals surface area contributed by atoms with Crippen LogP contribution in [0.3, 0.4) is 0 Å². The van der Waals surface area contributed by atoms with E-state index in [1.54, 1.807) is 48.8 Å². The summed E-state index contributed by atoms with van der Waals surface area (Å²) in [6.07, 6.45) is 3.95. The van der Waals surface area contributed by atoms with Gasteiger partial charge in [0.15, 0.2) is 0 Å². The topological polar surface area (TPSA) is 87.0 Å². The van der Waals surface area contributed by atoms with E-state index in [1.807, 2.05) is 45.3 Å². The van der Waals surface area contributed by atoms with Crippen LogP contribution in [0.25, 0.3) is 5.76 Å². The minimum atomic E-state index is -0.750. The van der Waals surface area contributed by atoms with E-state index in [9.17, 15) is 14.7 Å². The highest BCUT2D eigenvalue weighted by Gasteiger charge is 2.44. The van der Waals surface area contributed by atoms with Crippen molar-refractivity contribution in [2.75, 3.05) is 27.2 Å². The largest absolute Gasteiger partial charge is 0.872 e. The Balaban J connectivity index is 1.61. The van der Waals surface area contributed by atoms with Crippen LogP contribution in [0.2, 0.25) is 0 Å².